The molecule has 0 N–H and O–H groups in total. The van der Waals surface area contributed by atoms with Crippen LogP contribution in [0.15, 0.2) is 4.90 Å². The molecule has 7 heteroatoms. The zero-order valence-corrected chi connectivity index (χ0v) is 11.3. The van der Waals surface area contributed by atoms with Gasteiger partial charge in [0.25, 0.3) is 0 Å². The minimum absolute atomic E-state index is 0. The van der Waals surface area contributed by atoms with Gasteiger partial charge in [0, 0.05) is 7.05 Å². The molecule has 1 rings (SSSR count). The summed E-state index contributed by atoms with van der Waals surface area (Å²) in [6.07, 6.45) is 0. The van der Waals surface area contributed by atoms with E-state index in [1.807, 2.05) is 0 Å². The van der Waals surface area contributed by atoms with E-state index in [4.69, 9.17) is 11.6 Å². The number of rotatable bonds is 2. The third-order valence-corrected chi connectivity index (χ3v) is 2.76. The molecule has 0 spiro atoms. The van der Waals surface area contributed by atoms with Gasteiger partial charge in [-0.25, -0.2) is 0 Å². The van der Waals surface area contributed by atoms with Crippen molar-refractivity contribution in [3.8, 4) is 0 Å². The van der Waals surface area contributed by atoms with Crippen LogP contribution < -0.4 is 29.6 Å². The van der Waals surface area contributed by atoms with Crippen LogP contribution in [0.4, 0.5) is 0 Å². The SMILES string of the molecule is Cc1c(S(=O)[O-])c(CCl)nn1C.[Na+]. The Kier molecular flexibility index (Phi) is 5.74. The van der Waals surface area contributed by atoms with Crippen LogP contribution in [0.1, 0.15) is 11.4 Å². The van der Waals surface area contributed by atoms with Gasteiger partial charge in [-0.05, 0) is 18.0 Å². The van der Waals surface area contributed by atoms with E-state index in [1.54, 1.807) is 14.0 Å². The summed E-state index contributed by atoms with van der Waals surface area (Å²) in [6.45, 7) is 1.69. The summed E-state index contributed by atoms with van der Waals surface area (Å²) in [5.41, 5.74) is 1.02. The fraction of sp³-hybridized carbons (Fsp3) is 0.500. The van der Waals surface area contributed by atoms with E-state index >= 15 is 0 Å². The molecule has 0 saturated carbocycles. The third-order valence-electron chi connectivity index (χ3n) is 1.64. The van der Waals surface area contributed by atoms with Crippen molar-refractivity contribution in [3.05, 3.63) is 11.4 Å². The Hall–Kier alpha value is 0.610. The Morgan fingerprint density at radius 2 is 2.23 bits per heavy atom. The van der Waals surface area contributed by atoms with Crippen LogP contribution in [0.25, 0.3) is 0 Å². The minimum atomic E-state index is -2.25. The predicted octanol–water partition coefficient (Wildman–Crippen LogP) is -2.29. The number of aromatic nitrogens is 2. The van der Waals surface area contributed by atoms with Gasteiger partial charge >= 0.3 is 29.6 Å². The summed E-state index contributed by atoms with van der Waals surface area (Å²) in [5, 5.41) is 3.94. The molecule has 0 fully saturated rings. The first kappa shape index (κ1) is 13.6. The average Bonchev–Trinajstić information content (AvgIpc) is 2.28. The number of hydrogen-bond acceptors (Lipinski definition) is 3. The summed E-state index contributed by atoms with van der Waals surface area (Å²) in [5.74, 6) is 0.116. The summed E-state index contributed by atoms with van der Waals surface area (Å²) in [7, 11) is 1.68. The molecule has 0 bridgehead atoms. The van der Waals surface area contributed by atoms with E-state index in [1.165, 1.54) is 4.68 Å². The van der Waals surface area contributed by atoms with Gasteiger partial charge in [0.15, 0.2) is 0 Å². The number of halogens is 1. The van der Waals surface area contributed by atoms with Gasteiger partial charge in [-0.1, -0.05) is 0 Å². The van der Waals surface area contributed by atoms with Crippen molar-refractivity contribution in [2.75, 3.05) is 0 Å². The molecule has 1 atom stereocenters. The Bertz CT molecular complexity index is 329. The van der Waals surface area contributed by atoms with Gasteiger partial charge < -0.3 is 4.55 Å². The fourth-order valence-electron chi connectivity index (χ4n) is 0.961. The molecular weight excluding hydrogens is 223 g/mol. The number of aryl methyl sites for hydroxylation is 1. The first-order valence-electron chi connectivity index (χ1n) is 3.25. The van der Waals surface area contributed by atoms with Gasteiger partial charge in [0.05, 0.1) is 22.2 Å². The molecule has 1 aromatic rings. The third kappa shape index (κ3) is 2.78. The van der Waals surface area contributed by atoms with Crippen LogP contribution in [0.5, 0.6) is 0 Å². The van der Waals surface area contributed by atoms with Crippen molar-refractivity contribution in [1.82, 2.24) is 9.78 Å². The monoisotopic (exact) mass is 230 g/mol. The molecule has 1 aromatic heterocycles. The van der Waals surface area contributed by atoms with Gasteiger partial charge in [0.1, 0.15) is 0 Å². The molecule has 0 aliphatic rings. The molecule has 0 aromatic carbocycles. The Balaban J connectivity index is 0.00000144. The van der Waals surface area contributed by atoms with Crippen LogP contribution in [0.3, 0.4) is 0 Å². The molecule has 1 unspecified atom stereocenters. The molecule has 68 valence electrons. The van der Waals surface area contributed by atoms with Crippen molar-refractivity contribution in [2.24, 2.45) is 7.05 Å². The van der Waals surface area contributed by atoms with Gasteiger partial charge in [0.2, 0.25) is 0 Å². The molecule has 13 heavy (non-hydrogen) atoms. The number of alkyl halides is 1. The second kappa shape index (κ2) is 5.48. The molecule has 0 aliphatic heterocycles. The Labute approximate surface area is 106 Å². The molecular formula is C6H8ClN2NaO2S. The van der Waals surface area contributed by atoms with E-state index in [2.05, 4.69) is 5.10 Å². The standard InChI is InChI=1S/C6H9ClN2O2S.Na/c1-4-6(12(10)11)5(3-7)8-9(4)2;/h3H2,1-2H3,(H,10,11);/q;+1/p-1. The number of hydrogen-bond donors (Lipinski definition) is 0. The van der Waals surface area contributed by atoms with Gasteiger partial charge in [-0.3, -0.25) is 8.89 Å². The van der Waals surface area contributed by atoms with Crippen molar-refractivity contribution < 1.29 is 38.3 Å². The summed E-state index contributed by atoms with van der Waals surface area (Å²) in [4.78, 5) is 0.215. The smallest absolute Gasteiger partial charge is 0.768 e. The van der Waals surface area contributed by atoms with Crippen LogP contribution in [0.2, 0.25) is 0 Å². The fourth-order valence-corrected chi connectivity index (χ4v) is 1.91. The zero-order chi connectivity index (χ0) is 9.30. The van der Waals surface area contributed by atoms with E-state index in [9.17, 15) is 8.76 Å². The second-order valence-electron chi connectivity index (χ2n) is 2.35. The topological polar surface area (TPSA) is 57.9 Å². The molecule has 0 aliphatic carbocycles. The Morgan fingerprint density at radius 1 is 1.69 bits per heavy atom. The van der Waals surface area contributed by atoms with Crippen LogP contribution >= 0.6 is 11.6 Å². The maximum atomic E-state index is 10.7. The van der Waals surface area contributed by atoms with Gasteiger partial charge in [-0.15, -0.1) is 11.6 Å². The van der Waals surface area contributed by atoms with Crippen molar-refractivity contribution in [2.45, 2.75) is 17.7 Å². The molecule has 0 radical (unpaired) electrons. The van der Waals surface area contributed by atoms with E-state index in [-0.39, 0.29) is 40.3 Å². The van der Waals surface area contributed by atoms with E-state index < -0.39 is 11.1 Å². The molecule has 4 nitrogen and oxygen atoms in total. The van der Waals surface area contributed by atoms with Crippen molar-refractivity contribution in [1.29, 1.82) is 0 Å². The van der Waals surface area contributed by atoms with Crippen molar-refractivity contribution in [3.63, 3.8) is 0 Å². The van der Waals surface area contributed by atoms with Crippen molar-refractivity contribution >= 4 is 22.7 Å². The first-order chi connectivity index (χ1) is 5.57. The molecule has 0 amide bonds. The summed E-state index contributed by atoms with van der Waals surface area (Å²) >= 11 is 3.26. The summed E-state index contributed by atoms with van der Waals surface area (Å²) < 4.78 is 22.9. The van der Waals surface area contributed by atoms with Crippen LogP contribution in [-0.4, -0.2) is 18.5 Å². The maximum Gasteiger partial charge on any atom is 1.00 e. The average molecular weight is 231 g/mol. The minimum Gasteiger partial charge on any atom is -0.768 e. The first-order valence-corrected chi connectivity index (χ1v) is 4.86. The predicted molar refractivity (Wildman–Crippen MR) is 44.7 cm³/mol. The second-order valence-corrected chi connectivity index (χ2v) is 3.50. The normalized spacial score (nSPS) is 12.3. The molecule has 0 saturated heterocycles. The van der Waals surface area contributed by atoms with E-state index in [0.717, 1.165) is 0 Å². The van der Waals surface area contributed by atoms with Crippen LogP contribution in [0, 0.1) is 6.92 Å². The van der Waals surface area contributed by atoms with E-state index in [0.29, 0.717) is 11.4 Å². The zero-order valence-electron chi connectivity index (χ0n) is 7.70. The van der Waals surface area contributed by atoms with Gasteiger partial charge in [-0.2, -0.15) is 5.10 Å². The van der Waals surface area contributed by atoms with Crippen LogP contribution in [-0.2, 0) is 24.0 Å². The molecule has 1 heterocycles. The Morgan fingerprint density at radius 3 is 2.54 bits per heavy atom. The quantitative estimate of drug-likeness (QED) is 0.327. The maximum absolute atomic E-state index is 10.7. The largest absolute Gasteiger partial charge is 1.00 e. The number of nitrogens with zero attached hydrogens (tertiary/aromatic N) is 2. The summed E-state index contributed by atoms with van der Waals surface area (Å²) in [6, 6.07) is 0.